The third-order valence-corrected chi connectivity index (χ3v) is 4.29. The zero-order valence-corrected chi connectivity index (χ0v) is 12.7. The molecule has 2 aromatic heterocycles. The Bertz CT molecular complexity index is 792. The summed E-state index contributed by atoms with van der Waals surface area (Å²) in [7, 11) is 0. The summed E-state index contributed by atoms with van der Waals surface area (Å²) in [6.45, 7) is 8.45. The maximum Gasteiger partial charge on any atom is 0.333 e. The third kappa shape index (κ3) is 1.95. The van der Waals surface area contributed by atoms with Crippen LogP contribution in [0.25, 0.3) is 11.2 Å². The molecule has 21 heavy (non-hydrogen) atoms. The largest absolute Gasteiger partial charge is 0.333 e. The Balaban J connectivity index is 2.43. The number of hydrogen-bond donors (Lipinski definition) is 1. The first-order valence-corrected chi connectivity index (χ1v) is 7.53. The maximum atomic E-state index is 12.9. The summed E-state index contributed by atoms with van der Waals surface area (Å²) in [5, 5.41) is 3.21. The van der Waals surface area contributed by atoms with Gasteiger partial charge in [0.2, 0.25) is 0 Å². The lowest BCUT2D eigenvalue weighted by Gasteiger charge is -2.15. The summed E-state index contributed by atoms with van der Waals surface area (Å²) >= 11 is 0. The van der Waals surface area contributed by atoms with E-state index in [0.717, 1.165) is 18.8 Å². The summed E-state index contributed by atoms with van der Waals surface area (Å²) in [4.78, 5) is 30.0. The van der Waals surface area contributed by atoms with Gasteiger partial charge in [0.1, 0.15) is 5.82 Å². The predicted molar refractivity (Wildman–Crippen MR) is 80.9 cm³/mol. The van der Waals surface area contributed by atoms with Crippen molar-refractivity contribution >= 4 is 11.2 Å². The molecule has 1 fully saturated rings. The Kier molecular flexibility index (Phi) is 3.44. The van der Waals surface area contributed by atoms with Crippen molar-refractivity contribution < 1.29 is 0 Å². The molecule has 3 rings (SSSR count). The molecule has 1 aliphatic rings. The van der Waals surface area contributed by atoms with Gasteiger partial charge in [-0.05, 0) is 33.7 Å². The van der Waals surface area contributed by atoms with E-state index in [1.165, 1.54) is 4.57 Å². The van der Waals surface area contributed by atoms with Gasteiger partial charge in [0, 0.05) is 19.6 Å². The van der Waals surface area contributed by atoms with E-state index in [4.69, 9.17) is 0 Å². The van der Waals surface area contributed by atoms with E-state index in [1.807, 2.05) is 25.3 Å². The van der Waals surface area contributed by atoms with Gasteiger partial charge < -0.3 is 9.88 Å². The van der Waals surface area contributed by atoms with Gasteiger partial charge in [-0.25, -0.2) is 9.78 Å². The molecule has 0 saturated carbocycles. The Hall–Kier alpha value is -1.89. The molecule has 1 saturated heterocycles. The minimum absolute atomic E-state index is 0.0623. The third-order valence-electron chi connectivity index (χ3n) is 4.29. The van der Waals surface area contributed by atoms with Crippen LogP contribution in [0.1, 0.15) is 32.1 Å². The molecule has 0 spiro atoms. The number of hydrogen-bond acceptors (Lipinski definition) is 4. The second kappa shape index (κ2) is 5.14. The van der Waals surface area contributed by atoms with Crippen molar-refractivity contribution in [1.29, 1.82) is 0 Å². The normalized spacial score (nSPS) is 18.7. The molecule has 1 aliphatic heterocycles. The molecule has 7 nitrogen and oxygen atoms in total. The zero-order chi connectivity index (χ0) is 15.1. The fourth-order valence-electron chi connectivity index (χ4n) is 3.22. The van der Waals surface area contributed by atoms with E-state index in [-0.39, 0.29) is 17.3 Å². The highest BCUT2D eigenvalue weighted by Crippen LogP contribution is 2.15. The number of imidazole rings is 1. The summed E-state index contributed by atoms with van der Waals surface area (Å²) in [5.74, 6) is 0.772. The van der Waals surface area contributed by atoms with E-state index in [0.29, 0.717) is 30.8 Å². The van der Waals surface area contributed by atoms with Crippen LogP contribution in [0, 0.1) is 6.92 Å². The van der Waals surface area contributed by atoms with Crippen LogP contribution in [-0.4, -0.2) is 31.8 Å². The Morgan fingerprint density at radius 1 is 1.24 bits per heavy atom. The van der Waals surface area contributed by atoms with Crippen molar-refractivity contribution in [2.75, 3.05) is 13.1 Å². The lowest BCUT2D eigenvalue weighted by atomic mass is 10.2. The van der Waals surface area contributed by atoms with Crippen LogP contribution >= 0.6 is 0 Å². The molecule has 1 unspecified atom stereocenters. The summed E-state index contributed by atoms with van der Waals surface area (Å²) in [5.41, 5.74) is 0.595. The van der Waals surface area contributed by atoms with Crippen molar-refractivity contribution in [3.63, 3.8) is 0 Å². The van der Waals surface area contributed by atoms with Gasteiger partial charge in [-0.2, -0.15) is 0 Å². The van der Waals surface area contributed by atoms with E-state index in [9.17, 15) is 9.59 Å². The van der Waals surface area contributed by atoms with Crippen LogP contribution in [0.3, 0.4) is 0 Å². The second-order valence-corrected chi connectivity index (χ2v) is 5.42. The number of nitrogens with zero attached hydrogens (tertiary/aromatic N) is 4. The van der Waals surface area contributed by atoms with Gasteiger partial charge in [-0.1, -0.05) is 0 Å². The molecular formula is C14H21N5O2. The van der Waals surface area contributed by atoms with Gasteiger partial charge in [-0.15, -0.1) is 0 Å². The standard InChI is InChI=1S/C14H21N5O2/c1-4-17-9(3)16-12-11(17)13(20)19(10-6-7-15-8-10)14(21)18(12)5-2/h10,15H,4-8H2,1-3H3. The molecule has 7 heteroatoms. The van der Waals surface area contributed by atoms with Crippen LogP contribution in [-0.2, 0) is 13.1 Å². The Morgan fingerprint density at radius 3 is 2.52 bits per heavy atom. The minimum Gasteiger partial charge on any atom is -0.323 e. The van der Waals surface area contributed by atoms with Crippen LogP contribution in [0.5, 0.6) is 0 Å². The molecule has 0 amide bonds. The van der Waals surface area contributed by atoms with Gasteiger partial charge in [0.05, 0.1) is 6.04 Å². The molecule has 1 N–H and O–H groups in total. The number of aromatic nitrogens is 4. The van der Waals surface area contributed by atoms with Crippen LogP contribution < -0.4 is 16.6 Å². The smallest absolute Gasteiger partial charge is 0.323 e. The molecular weight excluding hydrogens is 270 g/mol. The zero-order valence-electron chi connectivity index (χ0n) is 12.7. The van der Waals surface area contributed by atoms with Gasteiger partial charge in [0.25, 0.3) is 5.56 Å². The number of nitrogens with one attached hydrogen (secondary N) is 1. The van der Waals surface area contributed by atoms with Crippen LogP contribution in [0.15, 0.2) is 9.59 Å². The molecule has 2 aromatic rings. The van der Waals surface area contributed by atoms with Crippen molar-refractivity contribution in [3.05, 3.63) is 26.7 Å². The minimum atomic E-state index is -0.246. The average Bonchev–Trinajstić information content (AvgIpc) is 3.07. The van der Waals surface area contributed by atoms with Crippen LogP contribution in [0.2, 0.25) is 0 Å². The Morgan fingerprint density at radius 2 is 1.95 bits per heavy atom. The van der Waals surface area contributed by atoms with E-state index in [2.05, 4.69) is 10.3 Å². The molecule has 1 atom stereocenters. The van der Waals surface area contributed by atoms with E-state index >= 15 is 0 Å². The summed E-state index contributed by atoms with van der Waals surface area (Å²) < 4.78 is 4.91. The molecule has 0 aromatic carbocycles. The van der Waals surface area contributed by atoms with Crippen molar-refractivity contribution in [1.82, 2.24) is 24.0 Å². The topological polar surface area (TPSA) is 73.8 Å². The monoisotopic (exact) mass is 291 g/mol. The quantitative estimate of drug-likeness (QED) is 0.879. The summed E-state index contributed by atoms with van der Waals surface area (Å²) in [6, 6.07) is -0.0623. The highest BCUT2D eigenvalue weighted by Gasteiger charge is 2.25. The summed E-state index contributed by atoms with van der Waals surface area (Å²) in [6.07, 6.45) is 0.809. The van der Waals surface area contributed by atoms with Crippen molar-refractivity contribution in [3.8, 4) is 0 Å². The highest BCUT2D eigenvalue weighted by atomic mass is 16.2. The van der Waals surface area contributed by atoms with E-state index < -0.39 is 0 Å². The van der Waals surface area contributed by atoms with Crippen molar-refractivity contribution in [2.24, 2.45) is 0 Å². The highest BCUT2D eigenvalue weighted by molar-refractivity contribution is 5.71. The molecule has 114 valence electrons. The lowest BCUT2D eigenvalue weighted by molar-refractivity contribution is 0.483. The number of aryl methyl sites for hydroxylation is 3. The van der Waals surface area contributed by atoms with Gasteiger partial charge in [0.15, 0.2) is 11.2 Å². The van der Waals surface area contributed by atoms with Gasteiger partial charge >= 0.3 is 5.69 Å². The first kappa shape index (κ1) is 14.1. The van der Waals surface area contributed by atoms with Gasteiger partial charge in [-0.3, -0.25) is 13.9 Å². The average molecular weight is 291 g/mol. The second-order valence-electron chi connectivity index (χ2n) is 5.42. The van der Waals surface area contributed by atoms with Crippen LogP contribution in [0.4, 0.5) is 0 Å². The number of rotatable bonds is 3. The van der Waals surface area contributed by atoms with Crippen molar-refractivity contribution in [2.45, 2.75) is 46.3 Å². The fourth-order valence-corrected chi connectivity index (χ4v) is 3.22. The first-order valence-electron chi connectivity index (χ1n) is 7.53. The maximum absolute atomic E-state index is 12.9. The molecule has 0 radical (unpaired) electrons. The number of fused-ring (bicyclic) bond motifs is 1. The predicted octanol–water partition coefficient (Wildman–Crippen LogP) is 0.242. The molecule has 3 heterocycles. The fraction of sp³-hybridized carbons (Fsp3) is 0.643. The Labute approximate surface area is 122 Å². The first-order chi connectivity index (χ1) is 10.1. The molecule has 0 bridgehead atoms. The SMILES string of the molecule is CCn1c(C)nc2c1c(=O)n(C1CCNC1)c(=O)n2CC. The molecule has 0 aliphatic carbocycles. The lowest BCUT2D eigenvalue weighted by Crippen LogP contribution is -2.43. The van der Waals surface area contributed by atoms with E-state index in [1.54, 1.807) is 4.57 Å².